The lowest BCUT2D eigenvalue weighted by Crippen LogP contribution is -2.27. The topological polar surface area (TPSA) is 75.3 Å². The molecule has 2 N–H and O–H groups in total. The van der Waals surface area contributed by atoms with Crippen molar-refractivity contribution in [3.8, 4) is 0 Å². The molecule has 0 bridgehead atoms. The Labute approximate surface area is 169 Å². The first-order chi connectivity index (χ1) is 13.7. The van der Waals surface area contributed by atoms with E-state index in [1.807, 2.05) is 13.0 Å². The SMILES string of the molecule is Cc1cccc(NS(=O)(=O)c2cccc(C(=O)NC(C)c3ccc(F)cc3)c2)c1. The smallest absolute Gasteiger partial charge is 0.261 e. The molecule has 3 aromatic carbocycles. The molecule has 0 spiro atoms. The number of anilines is 1. The van der Waals surface area contributed by atoms with Crippen molar-refractivity contribution in [2.24, 2.45) is 0 Å². The van der Waals surface area contributed by atoms with E-state index in [0.29, 0.717) is 5.69 Å². The quantitative estimate of drug-likeness (QED) is 0.629. The van der Waals surface area contributed by atoms with Gasteiger partial charge in [0.05, 0.1) is 10.9 Å². The summed E-state index contributed by atoms with van der Waals surface area (Å²) in [6, 6.07) is 18.3. The molecule has 0 heterocycles. The first-order valence-electron chi connectivity index (χ1n) is 9.00. The first-order valence-corrected chi connectivity index (χ1v) is 10.5. The highest BCUT2D eigenvalue weighted by Crippen LogP contribution is 2.19. The number of aryl methyl sites for hydroxylation is 1. The third kappa shape index (κ3) is 5.20. The van der Waals surface area contributed by atoms with Crippen molar-refractivity contribution in [3.05, 3.63) is 95.3 Å². The molecule has 0 aliphatic heterocycles. The standard InChI is InChI=1S/C22H21FN2O3S/c1-15-5-3-7-20(13-15)25-29(27,28)21-8-4-6-18(14-21)22(26)24-16(2)17-9-11-19(23)12-10-17/h3-14,16,25H,1-2H3,(H,24,26). The van der Waals surface area contributed by atoms with E-state index in [9.17, 15) is 17.6 Å². The van der Waals surface area contributed by atoms with Crippen molar-refractivity contribution in [2.45, 2.75) is 24.8 Å². The average molecular weight is 412 g/mol. The van der Waals surface area contributed by atoms with Gasteiger partial charge in [0.1, 0.15) is 5.82 Å². The second-order valence-electron chi connectivity index (χ2n) is 6.75. The Morgan fingerprint density at radius 2 is 1.66 bits per heavy atom. The minimum absolute atomic E-state index is 0.0129. The molecule has 1 atom stereocenters. The van der Waals surface area contributed by atoms with E-state index in [0.717, 1.165) is 11.1 Å². The fourth-order valence-corrected chi connectivity index (χ4v) is 3.94. The van der Waals surface area contributed by atoms with Crippen molar-refractivity contribution < 1.29 is 17.6 Å². The summed E-state index contributed by atoms with van der Waals surface area (Å²) in [5, 5.41) is 2.79. The lowest BCUT2D eigenvalue weighted by molar-refractivity contribution is 0.0939. The number of sulfonamides is 1. The maximum atomic E-state index is 13.1. The van der Waals surface area contributed by atoms with Gasteiger partial charge in [0.25, 0.3) is 15.9 Å². The Morgan fingerprint density at radius 3 is 2.34 bits per heavy atom. The van der Waals surface area contributed by atoms with Crippen LogP contribution in [0.15, 0.2) is 77.7 Å². The van der Waals surface area contributed by atoms with Crippen molar-refractivity contribution in [1.29, 1.82) is 0 Å². The van der Waals surface area contributed by atoms with Gasteiger partial charge in [-0.1, -0.05) is 30.3 Å². The zero-order valence-electron chi connectivity index (χ0n) is 16.0. The van der Waals surface area contributed by atoms with Crippen LogP contribution in [0.3, 0.4) is 0 Å². The molecule has 150 valence electrons. The number of benzene rings is 3. The maximum Gasteiger partial charge on any atom is 0.261 e. The van der Waals surface area contributed by atoms with Gasteiger partial charge < -0.3 is 5.32 Å². The van der Waals surface area contributed by atoms with Crippen LogP contribution in [-0.2, 0) is 10.0 Å². The first kappa shape index (κ1) is 20.5. The van der Waals surface area contributed by atoms with E-state index in [1.165, 1.54) is 30.3 Å². The number of hydrogen-bond donors (Lipinski definition) is 2. The minimum Gasteiger partial charge on any atom is -0.346 e. The van der Waals surface area contributed by atoms with E-state index in [1.54, 1.807) is 43.3 Å². The van der Waals surface area contributed by atoms with Crippen molar-refractivity contribution >= 4 is 21.6 Å². The highest BCUT2D eigenvalue weighted by atomic mass is 32.2. The Morgan fingerprint density at radius 1 is 0.966 bits per heavy atom. The van der Waals surface area contributed by atoms with Gasteiger partial charge in [-0.05, 0) is 67.4 Å². The molecule has 0 aromatic heterocycles. The predicted molar refractivity (Wildman–Crippen MR) is 111 cm³/mol. The van der Waals surface area contributed by atoms with E-state index in [2.05, 4.69) is 10.0 Å². The highest BCUT2D eigenvalue weighted by Gasteiger charge is 2.18. The highest BCUT2D eigenvalue weighted by molar-refractivity contribution is 7.92. The normalized spacial score (nSPS) is 12.2. The number of carbonyl (C=O) groups excluding carboxylic acids is 1. The number of nitrogens with one attached hydrogen (secondary N) is 2. The van der Waals surface area contributed by atoms with E-state index < -0.39 is 15.9 Å². The van der Waals surface area contributed by atoms with Gasteiger partial charge in [-0.3, -0.25) is 9.52 Å². The molecule has 1 amide bonds. The molecule has 3 aromatic rings. The van der Waals surface area contributed by atoms with Gasteiger partial charge in [0, 0.05) is 11.3 Å². The fourth-order valence-electron chi connectivity index (χ4n) is 2.84. The molecule has 5 nitrogen and oxygen atoms in total. The molecular weight excluding hydrogens is 391 g/mol. The molecular formula is C22H21FN2O3S. The molecule has 1 unspecified atom stereocenters. The third-order valence-corrected chi connectivity index (χ3v) is 5.77. The fraction of sp³-hybridized carbons (Fsp3) is 0.136. The molecule has 3 rings (SSSR count). The lowest BCUT2D eigenvalue weighted by atomic mass is 10.1. The Balaban J connectivity index is 1.77. The summed E-state index contributed by atoms with van der Waals surface area (Å²) in [6.07, 6.45) is 0. The number of hydrogen-bond acceptors (Lipinski definition) is 3. The largest absolute Gasteiger partial charge is 0.346 e. The van der Waals surface area contributed by atoms with Crippen LogP contribution in [0.5, 0.6) is 0 Å². The van der Waals surface area contributed by atoms with Crippen molar-refractivity contribution in [2.75, 3.05) is 4.72 Å². The summed E-state index contributed by atoms with van der Waals surface area (Å²) in [7, 11) is -3.84. The summed E-state index contributed by atoms with van der Waals surface area (Å²) in [5.41, 5.74) is 2.33. The van der Waals surface area contributed by atoms with Crippen LogP contribution >= 0.6 is 0 Å². The van der Waals surface area contributed by atoms with Crippen LogP contribution in [0.2, 0.25) is 0 Å². The van der Waals surface area contributed by atoms with Gasteiger partial charge in [-0.25, -0.2) is 12.8 Å². The Bertz CT molecular complexity index is 1130. The van der Waals surface area contributed by atoms with Crippen LogP contribution < -0.4 is 10.0 Å². The maximum absolute atomic E-state index is 13.1. The summed E-state index contributed by atoms with van der Waals surface area (Å²) in [4.78, 5) is 12.6. The number of amides is 1. The Kier molecular flexibility index (Phi) is 5.98. The van der Waals surface area contributed by atoms with Gasteiger partial charge >= 0.3 is 0 Å². The molecule has 29 heavy (non-hydrogen) atoms. The number of carbonyl (C=O) groups is 1. The zero-order valence-corrected chi connectivity index (χ0v) is 16.8. The van der Waals surface area contributed by atoms with Crippen LogP contribution in [-0.4, -0.2) is 14.3 Å². The van der Waals surface area contributed by atoms with Crippen molar-refractivity contribution in [3.63, 3.8) is 0 Å². The lowest BCUT2D eigenvalue weighted by Gasteiger charge is -2.15. The van der Waals surface area contributed by atoms with Gasteiger partial charge in [0.15, 0.2) is 0 Å². The molecule has 0 radical (unpaired) electrons. The monoisotopic (exact) mass is 412 g/mol. The van der Waals surface area contributed by atoms with Crippen LogP contribution in [0.25, 0.3) is 0 Å². The summed E-state index contributed by atoms with van der Waals surface area (Å²) in [5.74, 6) is -0.777. The van der Waals surface area contributed by atoms with Crippen LogP contribution in [0.1, 0.15) is 34.5 Å². The van der Waals surface area contributed by atoms with Gasteiger partial charge in [-0.2, -0.15) is 0 Å². The number of rotatable bonds is 6. The van der Waals surface area contributed by atoms with Crippen molar-refractivity contribution in [1.82, 2.24) is 5.32 Å². The van der Waals surface area contributed by atoms with E-state index >= 15 is 0 Å². The zero-order chi connectivity index (χ0) is 21.0. The molecule has 0 aliphatic carbocycles. The summed E-state index contributed by atoms with van der Waals surface area (Å²) in [6.45, 7) is 3.63. The van der Waals surface area contributed by atoms with E-state index in [4.69, 9.17) is 0 Å². The second kappa shape index (κ2) is 8.45. The minimum atomic E-state index is -3.84. The van der Waals surface area contributed by atoms with Crippen LogP contribution in [0, 0.1) is 12.7 Å². The molecule has 0 fully saturated rings. The summed E-state index contributed by atoms with van der Waals surface area (Å²) < 4.78 is 41.0. The average Bonchev–Trinajstić information content (AvgIpc) is 2.68. The predicted octanol–water partition coefficient (Wildman–Crippen LogP) is 4.43. The van der Waals surface area contributed by atoms with Gasteiger partial charge in [0.2, 0.25) is 0 Å². The van der Waals surface area contributed by atoms with Gasteiger partial charge in [-0.15, -0.1) is 0 Å². The third-order valence-electron chi connectivity index (χ3n) is 4.39. The Hall–Kier alpha value is -3.19. The molecule has 0 aliphatic rings. The second-order valence-corrected chi connectivity index (χ2v) is 8.43. The summed E-state index contributed by atoms with van der Waals surface area (Å²) >= 11 is 0. The number of halogens is 1. The molecule has 7 heteroatoms. The molecule has 0 saturated heterocycles. The molecule has 0 saturated carbocycles. The van der Waals surface area contributed by atoms with Crippen LogP contribution in [0.4, 0.5) is 10.1 Å². The van der Waals surface area contributed by atoms with E-state index in [-0.39, 0.29) is 22.3 Å².